The molecule has 0 fully saturated rings. The van der Waals surface area contributed by atoms with E-state index in [1.54, 1.807) is 0 Å². The van der Waals surface area contributed by atoms with Crippen molar-refractivity contribution in [2.24, 2.45) is 0 Å². The lowest BCUT2D eigenvalue weighted by atomic mass is 10.6. The summed E-state index contributed by atoms with van der Waals surface area (Å²) >= 11 is 1.36. The van der Waals surface area contributed by atoms with Crippen molar-refractivity contribution in [3.63, 3.8) is 0 Å². The van der Waals surface area contributed by atoms with Crippen molar-refractivity contribution in [1.29, 1.82) is 0 Å². The summed E-state index contributed by atoms with van der Waals surface area (Å²) < 4.78 is 1.41. The highest BCUT2D eigenvalue weighted by Crippen LogP contribution is 2.35. The molecule has 2 N–H and O–H groups in total. The molecule has 5 heteroatoms. The molecule has 0 saturated heterocycles. The van der Waals surface area contributed by atoms with Crippen LogP contribution in [0.15, 0.2) is 11.0 Å². The van der Waals surface area contributed by atoms with Gasteiger partial charge in [-0.25, -0.2) is 0 Å². The maximum Gasteiger partial charge on any atom is 0.207 e. The summed E-state index contributed by atoms with van der Waals surface area (Å²) in [6.07, 6.45) is 1.28. The van der Waals surface area contributed by atoms with Gasteiger partial charge in [0.25, 0.3) is 0 Å². The van der Waals surface area contributed by atoms with E-state index in [9.17, 15) is 15.0 Å². The van der Waals surface area contributed by atoms with Gasteiger partial charge in [0.2, 0.25) is 5.88 Å². The normalized spacial score (nSPS) is 10.4. The number of carbonyl (C=O) groups excluding carboxylic acids is 1. The molecule has 4 nitrogen and oxygen atoms in total. The summed E-state index contributed by atoms with van der Waals surface area (Å²) in [5.41, 5.74) is 0. The summed E-state index contributed by atoms with van der Waals surface area (Å²) in [6, 6.07) is 1.51. The first-order chi connectivity index (χ1) is 6.70. The number of hydrogen-bond acceptors (Lipinski definition) is 4. The minimum Gasteiger partial charge on any atom is -0.494 e. The highest BCUT2D eigenvalue weighted by molar-refractivity contribution is 7.99. The number of nitrogens with zero attached hydrogens (tertiary/aromatic N) is 1. The van der Waals surface area contributed by atoms with Crippen LogP contribution in [0.2, 0.25) is 0 Å². The number of rotatable bonds is 5. The predicted octanol–water partition coefficient (Wildman–Crippen LogP) is 1.60. The van der Waals surface area contributed by atoms with Gasteiger partial charge >= 0.3 is 0 Å². The molecule has 0 aliphatic rings. The molecule has 0 bridgehead atoms. The second-order valence-electron chi connectivity index (χ2n) is 2.74. The third-order valence-corrected chi connectivity index (χ3v) is 2.87. The molecule has 1 aromatic heterocycles. The smallest absolute Gasteiger partial charge is 0.207 e. The molecule has 1 heterocycles. The van der Waals surface area contributed by atoms with Crippen LogP contribution < -0.4 is 0 Å². The van der Waals surface area contributed by atoms with Crippen molar-refractivity contribution in [1.82, 2.24) is 4.57 Å². The highest BCUT2D eigenvalue weighted by Gasteiger charge is 2.12. The summed E-state index contributed by atoms with van der Waals surface area (Å²) in [5.74, 6) is 0.740. The average Bonchev–Trinajstić information content (AvgIpc) is 2.42. The lowest BCUT2D eigenvalue weighted by Crippen LogP contribution is -1.91. The molecule has 0 radical (unpaired) electrons. The van der Waals surface area contributed by atoms with Gasteiger partial charge in [-0.3, -0.25) is 4.57 Å². The van der Waals surface area contributed by atoms with Crippen molar-refractivity contribution in [3.05, 3.63) is 6.07 Å². The molecule has 14 heavy (non-hydrogen) atoms. The summed E-state index contributed by atoms with van der Waals surface area (Å²) in [7, 11) is 0. The van der Waals surface area contributed by atoms with Crippen molar-refractivity contribution in [2.75, 3.05) is 5.75 Å². The second-order valence-corrected chi connectivity index (χ2v) is 3.88. The van der Waals surface area contributed by atoms with Crippen molar-refractivity contribution in [2.45, 2.75) is 24.8 Å². The first-order valence-corrected chi connectivity index (χ1v) is 5.37. The Morgan fingerprint density at radius 1 is 1.57 bits per heavy atom. The Morgan fingerprint density at radius 2 is 2.29 bits per heavy atom. The zero-order valence-electron chi connectivity index (χ0n) is 7.93. The Bertz CT molecular complexity index is 322. The van der Waals surface area contributed by atoms with Crippen LogP contribution in [0, 0.1) is 0 Å². The molecule has 0 aromatic carbocycles. The summed E-state index contributed by atoms with van der Waals surface area (Å²) in [5, 5.41) is 19.0. The van der Waals surface area contributed by atoms with Crippen LogP contribution in [0.5, 0.6) is 11.8 Å². The summed E-state index contributed by atoms with van der Waals surface area (Å²) in [4.78, 5) is 10.7. The fourth-order valence-electron chi connectivity index (χ4n) is 1.14. The minimum absolute atomic E-state index is 0.0543. The fourth-order valence-corrected chi connectivity index (χ4v) is 2.00. The van der Waals surface area contributed by atoms with Crippen LogP contribution in [0.25, 0.3) is 0 Å². The molecule has 0 amide bonds. The number of thioether (sulfide) groups is 1. The topological polar surface area (TPSA) is 62.5 Å². The lowest BCUT2D eigenvalue weighted by Gasteiger charge is -2.02. The van der Waals surface area contributed by atoms with Crippen molar-refractivity contribution < 1.29 is 15.0 Å². The number of carbonyl (C=O) groups is 1. The average molecular weight is 215 g/mol. The number of aromatic nitrogens is 1. The molecule has 0 unspecified atom stereocenters. The SMILES string of the molecule is CCn1c(O)cc(SCCC=O)c1O. The van der Waals surface area contributed by atoms with E-state index < -0.39 is 0 Å². The van der Waals surface area contributed by atoms with Gasteiger partial charge in [-0.2, -0.15) is 0 Å². The molecule has 78 valence electrons. The summed E-state index contributed by atoms with van der Waals surface area (Å²) in [6.45, 7) is 2.35. The number of hydrogen-bond donors (Lipinski definition) is 2. The Hall–Kier alpha value is -1.10. The van der Waals surface area contributed by atoms with E-state index in [0.717, 1.165) is 6.29 Å². The number of aromatic hydroxyl groups is 2. The van der Waals surface area contributed by atoms with E-state index in [4.69, 9.17) is 0 Å². The molecule has 0 spiro atoms. The maximum atomic E-state index is 10.1. The predicted molar refractivity (Wildman–Crippen MR) is 54.8 cm³/mol. The standard InChI is InChI=1S/C9H13NO3S/c1-2-10-8(12)6-7(9(10)13)14-5-3-4-11/h4,6,12-13H,2-3,5H2,1H3. The monoisotopic (exact) mass is 215 g/mol. The van der Waals surface area contributed by atoms with Crippen LogP contribution in [0.4, 0.5) is 0 Å². The van der Waals surface area contributed by atoms with E-state index in [2.05, 4.69) is 0 Å². The van der Waals surface area contributed by atoms with Crippen LogP contribution in [-0.4, -0.2) is 26.8 Å². The molecule has 0 saturated carbocycles. The van der Waals surface area contributed by atoms with Crippen LogP contribution >= 0.6 is 11.8 Å². The van der Waals surface area contributed by atoms with Gasteiger partial charge in [0.1, 0.15) is 6.29 Å². The van der Waals surface area contributed by atoms with E-state index in [1.165, 1.54) is 22.4 Å². The highest BCUT2D eigenvalue weighted by atomic mass is 32.2. The first kappa shape index (κ1) is 11.0. The fraction of sp³-hybridized carbons (Fsp3) is 0.444. The quantitative estimate of drug-likeness (QED) is 0.445. The minimum atomic E-state index is 0.0543. The first-order valence-electron chi connectivity index (χ1n) is 4.38. The molecule has 0 aliphatic heterocycles. The Labute approximate surface area is 86.5 Å². The molecular formula is C9H13NO3S. The Kier molecular flexibility index (Phi) is 3.88. The van der Waals surface area contributed by atoms with Gasteiger partial charge in [-0.15, -0.1) is 11.8 Å². The molecule has 0 atom stereocenters. The van der Waals surface area contributed by atoms with Crippen LogP contribution in [0.3, 0.4) is 0 Å². The largest absolute Gasteiger partial charge is 0.494 e. The van der Waals surface area contributed by atoms with Gasteiger partial charge in [0.15, 0.2) is 5.88 Å². The van der Waals surface area contributed by atoms with E-state index >= 15 is 0 Å². The third-order valence-electron chi connectivity index (χ3n) is 1.82. The number of aldehydes is 1. The molecule has 1 rings (SSSR count). The zero-order valence-corrected chi connectivity index (χ0v) is 8.75. The van der Waals surface area contributed by atoms with E-state index in [-0.39, 0.29) is 11.8 Å². The van der Waals surface area contributed by atoms with Gasteiger partial charge in [-0.05, 0) is 6.92 Å². The molecule has 1 aromatic rings. The van der Waals surface area contributed by atoms with Crippen LogP contribution in [-0.2, 0) is 11.3 Å². The van der Waals surface area contributed by atoms with E-state index in [1.807, 2.05) is 6.92 Å². The van der Waals surface area contributed by atoms with Gasteiger partial charge < -0.3 is 15.0 Å². The van der Waals surface area contributed by atoms with E-state index in [0.29, 0.717) is 23.6 Å². The third kappa shape index (κ3) is 2.23. The zero-order chi connectivity index (χ0) is 10.6. The molecule has 0 aliphatic carbocycles. The Balaban J connectivity index is 2.72. The van der Waals surface area contributed by atoms with Gasteiger partial charge in [0.05, 0.1) is 4.90 Å². The molecular weight excluding hydrogens is 202 g/mol. The van der Waals surface area contributed by atoms with Crippen molar-refractivity contribution >= 4 is 18.0 Å². The Morgan fingerprint density at radius 3 is 2.79 bits per heavy atom. The van der Waals surface area contributed by atoms with Gasteiger partial charge in [-0.1, -0.05) is 0 Å². The van der Waals surface area contributed by atoms with Gasteiger partial charge in [0, 0.05) is 24.8 Å². The van der Waals surface area contributed by atoms with Crippen LogP contribution in [0.1, 0.15) is 13.3 Å². The second kappa shape index (κ2) is 4.95. The van der Waals surface area contributed by atoms with Crippen molar-refractivity contribution in [3.8, 4) is 11.8 Å². The lowest BCUT2D eigenvalue weighted by molar-refractivity contribution is -0.107. The maximum absolute atomic E-state index is 10.1.